The number of nitrogens with zero attached hydrogens (tertiary/aromatic N) is 5. The van der Waals surface area contributed by atoms with Crippen LogP contribution in [0.15, 0.2) is 12.7 Å². The van der Waals surface area contributed by atoms with Crippen molar-refractivity contribution in [2.45, 2.75) is 16.5 Å². The quantitative estimate of drug-likeness (QED) is 0.395. The predicted octanol–water partition coefficient (Wildman–Crippen LogP) is 0.912. The van der Waals surface area contributed by atoms with Crippen molar-refractivity contribution in [2.75, 3.05) is 28.2 Å². The van der Waals surface area contributed by atoms with Crippen LogP contribution in [-0.4, -0.2) is 68.2 Å². The molecule has 1 aromatic rings. The van der Waals surface area contributed by atoms with Gasteiger partial charge in [-0.25, -0.2) is 24.1 Å². The molecule has 9 nitrogen and oxygen atoms in total. The molecule has 1 unspecified atom stereocenters. The van der Waals surface area contributed by atoms with E-state index in [9.17, 15) is 9.36 Å². The maximum atomic E-state index is 13.0. The van der Waals surface area contributed by atoms with E-state index in [0.29, 0.717) is 0 Å². The molecule has 132 valence electrons. The number of halogens is 3. The zero-order valence-corrected chi connectivity index (χ0v) is 16.2. The zero-order valence-electron chi connectivity index (χ0n) is 13.1. The largest absolute Gasteiger partial charge is 0.335 e. The fraction of sp³-hybridized carbons (Fsp3) is 0.700. The Kier molecular flexibility index (Phi) is 7.28. The van der Waals surface area contributed by atoms with Gasteiger partial charge in [-0.05, 0) is 28.2 Å². The number of hydrogen-bond donors (Lipinski definition) is 2. The molecule has 2 N–H and O–H groups in total. The summed E-state index contributed by atoms with van der Waals surface area (Å²) in [5, 5.41) is 9.03. The van der Waals surface area contributed by atoms with Gasteiger partial charge < -0.3 is 5.32 Å². The molecule has 1 atom stereocenters. The highest BCUT2D eigenvalue weighted by atomic mass is 35.6. The lowest BCUT2D eigenvalue weighted by Crippen LogP contribution is -2.55. The van der Waals surface area contributed by atoms with E-state index < -0.39 is 23.5 Å². The summed E-state index contributed by atoms with van der Waals surface area (Å²) in [5.74, 6) is -0.483. The standard InChI is InChI=1S/C10H19Cl3N7O2P/c1-18(2)23(22,19(3)4)17-9(10(11,12)13)16-8(21)5-20-7-14-6-15-20/h6-7,9H,5H2,1-4H3,(H,16,21)(H,17,22). The van der Waals surface area contributed by atoms with Crippen molar-refractivity contribution < 1.29 is 9.36 Å². The van der Waals surface area contributed by atoms with Crippen molar-refractivity contribution >= 4 is 48.3 Å². The van der Waals surface area contributed by atoms with E-state index in [0.717, 1.165) is 0 Å². The lowest BCUT2D eigenvalue weighted by molar-refractivity contribution is -0.122. The Hall–Kier alpha value is -0.410. The number of alkyl halides is 3. The van der Waals surface area contributed by atoms with Gasteiger partial charge in [-0.2, -0.15) is 5.10 Å². The van der Waals surface area contributed by atoms with Crippen molar-refractivity contribution in [3.8, 4) is 0 Å². The van der Waals surface area contributed by atoms with E-state index in [1.54, 1.807) is 28.2 Å². The van der Waals surface area contributed by atoms with E-state index in [4.69, 9.17) is 34.8 Å². The first kappa shape index (κ1) is 20.6. The molecule has 0 bridgehead atoms. The molecule has 1 rings (SSSR count). The number of carbonyl (C=O) groups is 1. The number of nitrogens with one attached hydrogen (secondary N) is 2. The van der Waals surface area contributed by atoms with Crippen LogP contribution in [0.3, 0.4) is 0 Å². The van der Waals surface area contributed by atoms with E-state index >= 15 is 0 Å². The van der Waals surface area contributed by atoms with Gasteiger partial charge in [0.1, 0.15) is 25.4 Å². The van der Waals surface area contributed by atoms with Crippen LogP contribution in [0.25, 0.3) is 0 Å². The second-order valence-electron chi connectivity index (χ2n) is 5.00. The molecular formula is C10H19Cl3N7O2P. The van der Waals surface area contributed by atoms with E-state index in [1.807, 2.05) is 0 Å². The van der Waals surface area contributed by atoms with Gasteiger partial charge >= 0.3 is 0 Å². The average molecular weight is 407 g/mol. The van der Waals surface area contributed by atoms with Crippen molar-refractivity contribution in [1.29, 1.82) is 0 Å². The molecule has 23 heavy (non-hydrogen) atoms. The number of carbonyl (C=O) groups excluding carboxylic acids is 1. The topological polar surface area (TPSA) is 95.4 Å². The smallest absolute Gasteiger partial charge is 0.285 e. The number of amides is 1. The Bertz CT molecular complexity index is 549. The number of hydrogen-bond acceptors (Lipinski definition) is 4. The van der Waals surface area contributed by atoms with E-state index in [1.165, 1.54) is 26.7 Å². The third-order valence-electron chi connectivity index (χ3n) is 2.79. The maximum Gasteiger partial charge on any atom is 0.285 e. The van der Waals surface area contributed by atoms with Gasteiger partial charge in [-0.15, -0.1) is 0 Å². The van der Waals surface area contributed by atoms with Crippen molar-refractivity contribution in [1.82, 2.24) is 34.5 Å². The molecule has 0 radical (unpaired) electrons. The van der Waals surface area contributed by atoms with Crippen LogP contribution in [0.5, 0.6) is 0 Å². The summed E-state index contributed by atoms with van der Waals surface area (Å²) >= 11 is 17.7. The van der Waals surface area contributed by atoms with Gasteiger partial charge in [0.25, 0.3) is 7.59 Å². The van der Waals surface area contributed by atoms with Crippen LogP contribution < -0.4 is 10.4 Å². The van der Waals surface area contributed by atoms with E-state index in [-0.39, 0.29) is 6.54 Å². The molecule has 0 saturated heterocycles. The molecule has 0 aliphatic rings. The Morgan fingerprint density at radius 1 is 1.30 bits per heavy atom. The summed E-state index contributed by atoms with van der Waals surface area (Å²) in [6, 6.07) is 0. The summed E-state index contributed by atoms with van der Waals surface area (Å²) in [4.78, 5) is 15.8. The first-order valence-electron chi connectivity index (χ1n) is 6.38. The van der Waals surface area contributed by atoms with Gasteiger partial charge in [-0.3, -0.25) is 9.36 Å². The first-order chi connectivity index (χ1) is 10.5. The van der Waals surface area contributed by atoms with Gasteiger partial charge in [-0.1, -0.05) is 34.8 Å². The van der Waals surface area contributed by atoms with Crippen molar-refractivity contribution in [3.05, 3.63) is 12.7 Å². The molecule has 0 saturated carbocycles. The fourth-order valence-corrected chi connectivity index (χ4v) is 3.94. The first-order valence-corrected chi connectivity index (χ1v) is 9.13. The SMILES string of the molecule is CN(C)P(=O)(NC(NC(=O)Cn1cncn1)C(Cl)(Cl)Cl)N(C)C. The number of aromatic nitrogens is 3. The van der Waals surface area contributed by atoms with Gasteiger partial charge in [0, 0.05) is 0 Å². The lowest BCUT2D eigenvalue weighted by Gasteiger charge is -2.36. The van der Waals surface area contributed by atoms with E-state index in [2.05, 4.69) is 20.5 Å². The highest BCUT2D eigenvalue weighted by molar-refractivity contribution is 7.56. The molecular weight excluding hydrogens is 387 g/mol. The van der Waals surface area contributed by atoms with Crippen LogP contribution in [0.2, 0.25) is 0 Å². The zero-order chi connectivity index (χ0) is 17.8. The summed E-state index contributed by atoms with van der Waals surface area (Å²) in [7, 11) is 3.22. The van der Waals surface area contributed by atoms with Crippen LogP contribution >= 0.6 is 42.4 Å². The van der Waals surface area contributed by atoms with Crippen LogP contribution in [0.4, 0.5) is 0 Å². The minimum absolute atomic E-state index is 0.118. The summed E-state index contributed by atoms with van der Waals surface area (Å²) in [5.41, 5.74) is 0. The third-order valence-corrected chi connectivity index (χ3v) is 6.20. The minimum atomic E-state index is -3.23. The van der Waals surface area contributed by atoms with Crippen LogP contribution in [-0.2, 0) is 15.9 Å². The highest BCUT2D eigenvalue weighted by Crippen LogP contribution is 2.47. The Balaban J connectivity index is 2.89. The second-order valence-corrected chi connectivity index (χ2v) is 10.3. The number of rotatable bonds is 7. The summed E-state index contributed by atoms with van der Waals surface area (Å²) < 4.78 is 15.3. The summed E-state index contributed by atoms with van der Waals surface area (Å²) in [6.07, 6.45) is 1.49. The van der Waals surface area contributed by atoms with Gasteiger partial charge in [0.15, 0.2) is 0 Å². The average Bonchev–Trinajstić information content (AvgIpc) is 2.88. The van der Waals surface area contributed by atoms with Crippen LogP contribution in [0, 0.1) is 0 Å². The molecule has 0 spiro atoms. The molecule has 0 aliphatic carbocycles. The van der Waals surface area contributed by atoms with Crippen molar-refractivity contribution in [3.63, 3.8) is 0 Å². The Morgan fingerprint density at radius 3 is 2.26 bits per heavy atom. The molecule has 1 aromatic heterocycles. The van der Waals surface area contributed by atoms with Gasteiger partial charge in [0.05, 0.1) is 0 Å². The normalized spacial score (nSPS) is 14.3. The molecule has 0 aliphatic heterocycles. The Morgan fingerprint density at radius 2 is 1.87 bits per heavy atom. The van der Waals surface area contributed by atoms with Crippen molar-refractivity contribution in [2.24, 2.45) is 0 Å². The predicted molar refractivity (Wildman–Crippen MR) is 90.4 cm³/mol. The fourth-order valence-electron chi connectivity index (χ4n) is 1.61. The minimum Gasteiger partial charge on any atom is -0.335 e. The lowest BCUT2D eigenvalue weighted by atomic mass is 10.5. The maximum absolute atomic E-state index is 13.0. The molecule has 0 fully saturated rings. The second kappa shape index (κ2) is 8.11. The molecule has 1 heterocycles. The summed E-state index contributed by atoms with van der Waals surface area (Å²) in [6.45, 7) is -0.118. The molecule has 0 aromatic carbocycles. The van der Waals surface area contributed by atoms with Gasteiger partial charge in [0.2, 0.25) is 9.70 Å². The molecule has 1 amide bonds. The Labute approximate surface area is 149 Å². The molecule has 13 heteroatoms. The monoisotopic (exact) mass is 405 g/mol. The van der Waals surface area contributed by atoms with Crippen LogP contribution in [0.1, 0.15) is 0 Å². The third kappa shape index (κ3) is 5.86. The highest BCUT2D eigenvalue weighted by Gasteiger charge is 2.41.